The molecule has 21 heavy (non-hydrogen) atoms. The highest BCUT2D eigenvalue weighted by Crippen LogP contribution is 2.27. The first kappa shape index (κ1) is 15.0. The van der Waals surface area contributed by atoms with E-state index >= 15 is 0 Å². The van der Waals surface area contributed by atoms with Gasteiger partial charge in [0.1, 0.15) is 0 Å². The van der Waals surface area contributed by atoms with E-state index in [9.17, 15) is 8.42 Å². The van der Waals surface area contributed by atoms with E-state index in [1.807, 2.05) is 0 Å². The standard InChI is InChI=1S/C16H21NO2S2/c1-21(18,19)16-8-4-6-14(16)17-10-9-12-11-20-15-7-3-2-5-13(12)15/h2-3,5,7,11,14,16-17H,4,6,8-10H2,1H3/t14-,16+/m0/s1. The zero-order chi connectivity index (χ0) is 14.9. The molecular formula is C16H21NO2S2. The maximum Gasteiger partial charge on any atom is 0.151 e. The van der Waals surface area contributed by atoms with E-state index in [4.69, 9.17) is 0 Å². The highest BCUT2D eigenvalue weighted by atomic mass is 32.2. The van der Waals surface area contributed by atoms with Gasteiger partial charge < -0.3 is 5.32 Å². The number of sulfone groups is 1. The van der Waals surface area contributed by atoms with Crippen LogP contribution >= 0.6 is 11.3 Å². The van der Waals surface area contributed by atoms with Crippen molar-refractivity contribution >= 4 is 31.3 Å². The molecule has 1 N–H and O–H groups in total. The zero-order valence-corrected chi connectivity index (χ0v) is 13.8. The molecule has 2 aromatic rings. The molecule has 1 fully saturated rings. The molecule has 0 amide bonds. The second-order valence-corrected chi connectivity index (χ2v) is 9.04. The molecular weight excluding hydrogens is 302 g/mol. The molecule has 1 heterocycles. The highest BCUT2D eigenvalue weighted by molar-refractivity contribution is 7.91. The number of fused-ring (bicyclic) bond motifs is 1. The van der Waals surface area contributed by atoms with Gasteiger partial charge in [-0.25, -0.2) is 8.42 Å². The molecule has 0 radical (unpaired) electrons. The molecule has 1 aromatic carbocycles. The van der Waals surface area contributed by atoms with Crippen LogP contribution in [0.25, 0.3) is 10.1 Å². The minimum atomic E-state index is -2.93. The Hall–Kier alpha value is -0.910. The number of hydrogen-bond acceptors (Lipinski definition) is 4. The van der Waals surface area contributed by atoms with Crippen molar-refractivity contribution in [3.05, 3.63) is 35.2 Å². The average Bonchev–Trinajstić information content (AvgIpc) is 3.05. The zero-order valence-electron chi connectivity index (χ0n) is 12.2. The van der Waals surface area contributed by atoms with Crippen LogP contribution in [0.15, 0.2) is 29.6 Å². The van der Waals surface area contributed by atoms with E-state index in [0.717, 1.165) is 32.2 Å². The lowest BCUT2D eigenvalue weighted by Gasteiger charge is -2.19. The van der Waals surface area contributed by atoms with Gasteiger partial charge in [-0.05, 0) is 48.2 Å². The molecule has 0 aliphatic heterocycles. The predicted octanol–water partition coefficient (Wildman–Crippen LogP) is 3.00. The molecule has 3 nitrogen and oxygen atoms in total. The van der Waals surface area contributed by atoms with Crippen LogP contribution in [-0.4, -0.2) is 32.5 Å². The topological polar surface area (TPSA) is 46.2 Å². The predicted molar refractivity (Wildman–Crippen MR) is 89.8 cm³/mol. The van der Waals surface area contributed by atoms with Gasteiger partial charge in [0.15, 0.2) is 9.84 Å². The van der Waals surface area contributed by atoms with E-state index in [2.05, 4.69) is 35.0 Å². The second kappa shape index (κ2) is 6.07. The first-order valence-electron chi connectivity index (χ1n) is 7.43. The SMILES string of the molecule is CS(=O)(=O)[C@@H]1CCC[C@@H]1NCCc1csc2ccccc12. The van der Waals surface area contributed by atoms with Gasteiger partial charge in [-0.2, -0.15) is 0 Å². The van der Waals surface area contributed by atoms with Crippen LogP contribution < -0.4 is 5.32 Å². The fraction of sp³-hybridized carbons (Fsp3) is 0.500. The molecule has 0 unspecified atom stereocenters. The highest BCUT2D eigenvalue weighted by Gasteiger charge is 2.34. The van der Waals surface area contributed by atoms with Crippen LogP contribution in [-0.2, 0) is 16.3 Å². The number of hydrogen-bond donors (Lipinski definition) is 1. The van der Waals surface area contributed by atoms with Crippen molar-refractivity contribution in [2.24, 2.45) is 0 Å². The third-order valence-electron chi connectivity index (χ3n) is 4.36. The van der Waals surface area contributed by atoms with E-state index in [1.165, 1.54) is 21.9 Å². The summed E-state index contributed by atoms with van der Waals surface area (Å²) in [6.45, 7) is 0.845. The Morgan fingerprint density at radius 3 is 2.90 bits per heavy atom. The summed E-state index contributed by atoms with van der Waals surface area (Å²) in [6, 6.07) is 8.58. The quantitative estimate of drug-likeness (QED) is 0.920. The van der Waals surface area contributed by atoms with Crippen LogP contribution in [0.5, 0.6) is 0 Å². The van der Waals surface area contributed by atoms with E-state index in [1.54, 1.807) is 11.3 Å². The Morgan fingerprint density at radius 1 is 1.29 bits per heavy atom. The fourth-order valence-corrected chi connectivity index (χ4v) is 5.71. The monoisotopic (exact) mass is 323 g/mol. The molecule has 1 aromatic heterocycles. The van der Waals surface area contributed by atoms with E-state index < -0.39 is 9.84 Å². The van der Waals surface area contributed by atoms with Crippen molar-refractivity contribution in [1.82, 2.24) is 5.32 Å². The Balaban J connectivity index is 1.61. The van der Waals surface area contributed by atoms with Gasteiger partial charge >= 0.3 is 0 Å². The molecule has 5 heteroatoms. The Morgan fingerprint density at radius 2 is 2.10 bits per heavy atom. The van der Waals surface area contributed by atoms with Gasteiger partial charge in [0.2, 0.25) is 0 Å². The third kappa shape index (κ3) is 3.30. The first-order chi connectivity index (χ1) is 10.1. The maximum atomic E-state index is 11.8. The Bertz CT molecular complexity index is 721. The Labute approximate surface area is 130 Å². The second-order valence-electron chi connectivity index (χ2n) is 5.87. The Kier molecular flexibility index (Phi) is 4.33. The molecule has 1 aliphatic rings. The van der Waals surface area contributed by atoms with Crippen molar-refractivity contribution in [2.45, 2.75) is 37.0 Å². The number of benzene rings is 1. The largest absolute Gasteiger partial charge is 0.312 e. The van der Waals surface area contributed by atoms with Gasteiger partial charge in [-0.3, -0.25) is 0 Å². The average molecular weight is 323 g/mol. The molecule has 2 atom stereocenters. The summed E-state index contributed by atoms with van der Waals surface area (Å²) in [6.07, 6.45) is 5.11. The molecule has 0 bridgehead atoms. The summed E-state index contributed by atoms with van der Waals surface area (Å²) < 4.78 is 24.9. The molecule has 1 saturated carbocycles. The van der Waals surface area contributed by atoms with Crippen LogP contribution in [0, 0.1) is 0 Å². The smallest absolute Gasteiger partial charge is 0.151 e. The summed E-state index contributed by atoms with van der Waals surface area (Å²) in [4.78, 5) is 0. The van der Waals surface area contributed by atoms with Gasteiger partial charge in [-0.1, -0.05) is 24.6 Å². The summed E-state index contributed by atoms with van der Waals surface area (Å²) in [5.41, 5.74) is 1.36. The molecule has 3 rings (SSSR count). The van der Waals surface area contributed by atoms with Crippen molar-refractivity contribution in [3.63, 3.8) is 0 Å². The van der Waals surface area contributed by atoms with Gasteiger partial charge in [0, 0.05) is 17.0 Å². The minimum absolute atomic E-state index is 0.130. The summed E-state index contributed by atoms with van der Waals surface area (Å²) in [5.74, 6) is 0. The third-order valence-corrected chi connectivity index (χ3v) is 7.04. The molecule has 0 spiro atoms. The van der Waals surface area contributed by atoms with Crippen molar-refractivity contribution < 1.29 is 8.42 Å². The lowest BCUT2D eigenvalue weighted by molar-refractivity contribution is 0.511. The van der Waals surface area contributed by atoms with Crippen LogP contribution in [0.2, 0.25) is 0 Å². The number of thiophene rings is 1. The summed E-state index contributed by atoms with van der Waals surface area (Å²) >= 11 is 1.78. The van der Waals surface area contributed by atoms with E-state index in [0.29, 0.717) is 0 Å². The fourth-order valence-electron chi connectivity index (χ4n) is 3.29. The lowest BCUT2D eigenvalue weighted by atomic mass is 10.1. The van der Waals surface area contributed by atoms with Gasteiger partial charge in [0.05, 0.1) is 5.25 Å². The van der Waals surface area contributed by atoms with Crippen molar-refractivity contribution in [1.29, 1.82) is 0 Å². The normalized spacial score (nSPS) is 22.9. The van der Waals surface area contributed by atoms with Gasteiger partial charge in [-0.15, -0.1) is 11.3 Å². The number of rotatable bonds is 5. The van der Waals surface area contributed by atoms with Crippen LogP contribution in [0.3, 0.4) is 0 Å². The first-order valence-corrected chi connectivity index (χ1v) is 10.3. The number of nitrogens with one attached hydrogen (secondary N) is 1. The van der Waals surface area contributed by atoms with E-state index in [-0.39, 0.29) is 11.3 Å². The van der Waals surface area contributed by atoms with Crippen molar-refractivity contribution in [2.75, 3.05) is 12.8 Å². The molecule has 114 valence electrons. The lowest BCUT2D eigenvalue weighted by Crippen LogP contribution is -2.40. The summed E-state index contributed by atoms with van der Waals surface area (Å²) in [7, 11) is -2.93. The summed E-state index contributed by atoms with van der Waals surface area (Å²) in [5, 5.41) is 6.82. The van der Waals surface area contributed by atoms with Crippen LogP contribution in [0.1, 0.15) is 24.8 Å². The maximum absolute atomic E-state index is 11.8. The molecule has 0 saturated heterocycles. The van der Waals surface area contributed by atoms with Crippen molar-refractivity contribution in [3.8, 4) is 0 Å². The van der Waals surface area contributed by atoms with Gasteiger partial charge in [0.25, 0.3) is 0 Å². The van der Waals surface area contributed by atoms with Crippen LogP contribution in [0.4, 0.5) is 0 Å². The minimum Gasteiger partial charge on any atom is -0.312 e. The molecule has 1 aliphatic carbocycles.